The van der Waals surface area contributed by atoms with Crippen LogP contribution in [-0.2, 0) is 11.3 Å². The van der Waals surface area contributed by atoms with Gasteiger partial charge in [0.25, 0.3) is 0 Å². The van der Waals surface area contributed by atoms with Crippen molar-refractivity contribution in [1.29, 1.82) is 0 Å². The van der Waals surface area contributed by atoms with Gasteiger partial charge in [-0.2, -0.15) is 5.10 Å². The highest BCUT2D eigenvalue weighted by molar-refractivity contribution is 5.68. The Morgan fingerprint density at radius 1 is 1.45 bits per heavy atom. The average molecular weight is 280 g/mol. The van der Waals surface area contributed by atoms with E-state index in [0.29, 0.717) is 6.04 Å². The van der Waals surface area contributed by atoms with E-state index in [1.165, 1.54) is 0 Å². The number of ether oxygens (including phenoxy) is 1. The third kappa shape index (κ3) is 4.85. The number of carbonyl (C=O) groups is 1. The first kappa shape index (κ1) is 14.8. The highest BCUT2D eigenvalue weighted by atomic mass is 16.6. The molecule has 2 rings (SSSR count). The van der Waals surface area contributed by atoms with Crippen molar-refractivity contribution in [2.75, 3.05) is 0 Å². The highest BCUT2D eigenvalue weighted by Gasteiger charge is 2.27. The number of rotatable bonds is 4. The minimum atomic E-state index is -0.443. The molecule has 1 aliphatic rings. The molecular formula is C14H24N4O2. The van der Waals surface area contributed by atoms with Crippen LogP contribution in [0.3, 0.4) is 0 Å². The second-order valence-corrected chi connectivity index (χ2v) is 6.32. The van der Waals surface area contributed by atoms with Crippen molar-refractivity contribution in [3.05, 3.63) is 18.0 Å². The van der Waals surface area contributed by atoms with Crippen LogP contribution in [0, 0.1) is 0 Å². The third-order valence-corrected chi connectivity index (χ3v) is 3.29. The monoisotopic (exact) mass is 280 g/mol. The van der Waals surface area contributed by atoms with Crippen molar-refractivity contribution >= 4 is 6.09 Å². The lowest BCUT2D eigenvalue weighted by Gasteiger charge is -2.21. The van der Waals surface area contributed by atoms with Crippen LogP contribution in [0.5, 0.6) is 0 Å². The van der Waals surface area contributed by atoms with Crippen LogP contribution in [0.15, 0.2) is 12.3 Å². The number of nitrogens with zero attached hydrogens (tertiary/aromatic N) is 1. The molecule has 3 N–H and O–H groups in total. The van der Waals surface area contributed by atoms with Crippen LogP contribution in [0.2, 0.25) is 0 Å². The Hall–Kier alpha value is -1.56. The molecule has 112 valence electrons. The summed E-state index contributed by atoms with van der Waals surface area (Å²) in [5, 5.41) is 13.3. The summed E-state index contributed by atoms with van der Waals surface area (Å²) in [4.78, 5) is 11.7. The summed E-state index contributed by atoms with van der Waals surface area (Å²) in [6.45, 7) is 6.39. The molecule has 1 saturated carbocycles. The summed E-state index contributed by atoms with van der Waals surface area (Å²) in [6, 6.07) is 2.58. The molecule has 0 aliphatic heterocycles. The molecule has 1 aromatic heterocycles. The Morgan fingerprint density at radius 2 is 2.20 bits per heavy atom. The van der Waals surface area contributed by atoms with Gasteiger partial charge in [0.15, 0.2) is 0 Å². The van der Waals surface area contributed by atoms with E-state index in [1.54, 1.807) is 6.20 Å². The molecule has 2 atom stereocenters. The summed E-state index contributed by atoms with van der Waals surface area (Å²) in [6.07, 6.45) is 4.41. The van der Waals surface area contributed by atoms with Crippen LogP contribution in [0.1, 0.15) is 45.7 Å². The van der Waals surface area contributed by atoms with Crippen LogP contribution < -0.4 is 10.6 Å². The molecule has 20 heavy (non-hydrogen) atoms. The molecule has 1 amide bonds. The summed E-state index contributed by atoms with van der Waals surface area (Å²) in [5.74, 6) is 0. The maximum atomic E-state index is 11.7. The number of H-pyrrole nitrogens is 1. The van der Waals surface area contributed by atoms with E-state index >= 15 is 0 Å². The standard InChI is InChI=1S/C14H24N4O2/c1-14(2,3)20-13(19)17-11-5-4-10(8-11)15-9-12-6-7-16-18-12/h6-7,10-11,15H,4-5,8-9H2,1-3H3,(H,16,18)(H,17,19). The van der Waals surface area contributed by atoms with Gasteiger partial charge in [0.1, 0.15) is 5.60 Å². The Balaban J connectivity index is 1.68. The normalized spacial score (nSPS) is 22.8. The van der Waals surface area contributed by atoms with Crippen LogP contribution in [0.4, 0.5) is 4.79 Å². The van der Waals surface area contributed by atoms with Gasteiger partial charge in [-0.15, -0.1) is 0 Å². The number of hydrogen-bond donors (Lipinski definition) is 3. The number of hydrogen-bond acceptors (Lipinski definition) is 4. The fourth-order valence-corrected chi connectivity index (χ4v) is 2.41. The van der Waals surface area contributed by atoms with E-state index in [0.717, 1.165) is 31.5 Å². The van der Waals surface area contributed by atoms with E-state index in [-0.39, 0.29) is 12.1 Å². The second-order valence-electron chi connectivity index (χ2n) is 6.32. The SMILES string of the molecule is CC(C)(C)OC(=O)NC1CCC(NCc2ccn[nH]2)C1. The smallest absolute Gasteiger partial charge is 0.407 e. The quantitative estimate of drug-likeness (QED) is 0.787. The summed E-state index contributed by atoms with van der Waals surface area (Å²) in [5.41, 5.74) is 0.634. The van der Waals surface area contributed by atoms with Crippen molar-refractivity contribution in [3.63, 3.8) is 0 Å². The third-order valence-electron chi connectivity index (χ3n) is 3.29. The number of amides is 1. The van der Waals surface area contributed by atoms with Gasteiger partial charge in [0.2, 0.25) is 0 Å². The number of nitrogens with one attached hydrogen (secondary N) is 3. The van der Waals surface area contributed by atoms with Gasteiger partial charge in [-0.25, -0.2) is 4.79 Å². The molecule has 1 heterocycles. The molecular weight excluding hydrogens is 256 g/mol. The average Bonchev–Trinajstić information content (AvgIpc) is 2.94. The summed E-state index contributed by atoms with van der Waals surface area (Å²) in [7, 11) is 0. The maximum Gasteiger partial charge on any atom is 0.407 e. The van der Waals surface area contributed by atoms with Gasteiger partial charge in [-0.3, -0.25) is 5.10 Å². The molecule has 0 saturated heterocycles. The van der Waals surface area contributed by atoms with Gasteiger partial charge in [0.05, 0.1) is 0 Å². The van der Waals surface area contributed by atoms with Gasteiger partial charge < -0.3 is 15.4 Å². The number of aromatic amines is 1. The predicted molar refractivity (Wildman–Crippen MR) is 76.2 cm³/mol. The van der Waals surface area contributed by atoms with Crippen molar-refractivity contribution in [1.82, 2.24) is 20.8 Å². The minimum absolute atomic E-state index is 0.198. The first-order valence-corrected chi connectivity index (χ1v) is 7.13. The maximum absolute atomic E-state index is 11.7. The number of alkyl carbamates (subject to hydrolysis) is 1. The predicted octanol–water partition coefficient (Wildman–Crippen LogP) is 1.95. The van der Waals surface area contributed by atoms with E-state index in [1.807, 2.05) is 26.8 Å². The first-order chi connectivity index (χ1) is 9.42. The van der Waals surface area contributed by atoms with Gasteiger partial charge >= 0.3 is 6.09 Å². The lowest BCUT2D eigenvalue weighted by atomic mass is 10.2. The molecule has 1 fully saturated rings. The second kappa shape index (κ2) is 6.26. The van der Waals surface area contributed by atoms with Crippen LogP contribution in [0.25, 0.3) is 0 Å². The van der Waals surface area contributed by atoms with E-state index < -0.39 is 5.60 Å². The lowest BCUT2D eigenvalue weighted by molar-refractivity contribution is 0.0505. The first-order valence-electron chi connectivity index (χ1n) is 7.13. The zero-order valence-corrected chi connectivity index (χ0v) is 12.4. The van der Waals surface area contributed by atoms with Crippen LogP contribution >= 0.6 is 0 Å². The number of aromatic nitrogens is 2. The molecule has 2 unspecified atom stereocenters. The highest BCUT2D eigenvalue weighted by Crippen LogP contribution is 2.20. The van der Waals surface area contributed by atoms with Gasteiger partial charge in [-0.05, 0) is 46.1 Å². The van der Waals surface area contributed by atoms with Crippen molar-refractivity contribution < 1.29 is 9.53 Å². The Kier molecular flexibility index (Phi) is 4.65. The molecule has 0 bridgehead atoms. The molecule has 1 aromatic rings. The molecule has 0 aromatic carbocycles. The van der Waals surface area contributed by atoms with Crippen LogP contribution in [-0.4, -0.2) is 34.0 Å². The van der Waals surface area contributed by atoms with Crippen molar-refractivity contribution in [2.24, 2.45) is 0 Å². The zero-order chi connectivity index (χ0) is 14.6. The lowest BCUT2D eigenvalue weighted by Crippen LogP contribution is -2.38. The zero-order valence-electron chi connectivity index (χ0n) is 12.4. The minimum Gasteiger partial charge on any atom is -0.444 e. The molecule has 0 radical (unpaired) electrons. The largest absolute Gasteiger partial charge is 0.444 e. The van der Waals surface area contributed by atoms with Crippen molar-refractivity contribution in [2.45, 2.75) is 64.3 Å². The van der Waals surface area contributed by atoms with Gasteiger partial charge in [0, 0.05) is 30.5 Å². The Labute approximate surface area is 119 Å². The fraction of sp³-hybridized carbons (Fsp3) is 0.714. The fourth-order valence-electron chi connectivity index (χ4n) is 2.41. The summed E-state index contributed by atoms with van der Waals surface area (Å²) >= 11 is 0. The Morgan fingerprint density at radius 3 is 2.85 bits per heavy atom. The molecule has 6 heteroatoms. The van der Waals surface area contributed by atoms with Crippen molar-refractivity contribution in [3.8, 4) is 0 Å². The molecule has 1 aliphatic carbocycles. The molecule has 6 nitrogen and oxygen atoms in total. The van der Waals surface area contributed by atoms with Gasteiger partial charge in [-0.1, -0.05) is 0 Å². The number of carbonyl (C=O) groups excluding carboxylic acids is 1. The Bertz CT molecular complexity index is 425. The summed E-state index contributed by atoms with van der Waals surface area (Å²) < 4.78 is 5.27. The van der Waals surface area contributed by atoms with E-state index in [4.69, 9.17) is 4.74 Å². The molecule has 0 spiro atoms. The van der Waals surface area contributed by atoms with E-state index in [9.17, 15) is 4.79 Å². The topological polar surface area (TPSA) is 79.0 Å². The van der Waals surface area contributed by atoms with E-state index in [2.05, 4.69) is 20.8 Å².